The van der Waals surface area contributed by atoms with E-state index in [-0.39, 0.29) is 5.91 Å². The van der Waals surface area contributed by atoms with Crippen LogP contribution in [0, 0.1) is 0 Å². The molecule has 1 aliphatic carbocycles. The lowest BCUT2D eigenvalue weighted by Gasteiger charge is -2.32. The third kappa shape index (κ3) is 5.06. The fraction of sp³-hybridized carbons (Fsp3) is 0.462. The van der Waals surface area contributed by atoms with Gasteiger partial charge in [0.1, 0.15) is 5.82 Å². The Balaban J connectivity index is 1.38. The number of aromatic nitrogens is 3. The van der Waals surface area contributed by atoms with Gasteiger partial charge in [0.2, 0.25) is 5.95 Å². The van der Waals surface area contributed by atoms with Gasteiger partial charge in [0.15, 0.2) is 0 Å². The predicted molar refractivity (Wildman–Crippen MR) is 137 cm³/mol. The largest absolute Gasteiger partial charge is 0.383 e. The average molecular weight is 476 g/mol. The maximum atomic E-state index is 12.9. The molecule has 0 radical (unpaired) electrons. The van der Waals surface area contributed by atoms with Gasteiger partial charge in [0.25, 0.3) is 5.91 Å². The minimum absolute atomic E-state index is 0.0712. The van der Waals surface area contributed by atoms with E-state index in [0.29, 0.717) is 34.9 Å². The third-order valence-corrected chi connectivity index (χ3v) is 7.23. The summed E-state index contributed by atoms with van der Waals surface area (Å²) in [6.07, 6.45) is 7.93. The van der Waals surface area contributed by atoms with E-state index in [1.54, 1.807) is 19.5 Å². The van der Waals surface area contributed by atoms with E-state index >= 15 is 0 Å². The zero-order valence-corrected chi connectivity index (χ0v) is 20.4. The van der Waals surface area contributed by atoms with E-state index in [0.717, 1.165) is 68.5 Å². The summed E-state index contributed by atoms with van der Waals surface area (Å²) in [4.78, 5) is 30.8. The number of nitrogen functional groups attached to an aromatic ring is 1. The van der Waals surface area contributed by atoms with Crippen LogP contribution in [0.5, 0.6) is 0 Å². The number of hydrogen-bond donors (Lipinski definition) is 2. The van der Waals surface area contributed by atoms with Gasteiger partial charge in [0, 0.05) is 62.9 Å². The van der Waals surface area contributed by atoms with Gasteiger partial charge in [-0.25, -0.2) is 15.0 Å². The SMILES string of the molecule is CO[C@H]1CC[C@H](Nc2ncc3c(N)ncc(-c4ccc(C(=O)N5CCN(C)CC5)cc4)c3n2)CC1. The number of anilines is 2. The number of pyridine rings is 1. The van der Waals surface area contributed by atoms with Gasteiger partial charge in [-0.15, -0.1) is 0 Å². The maximum absolute atomic E-state index is 12.9. The first-order valence-electron chi connectivity index (χ1n) is 12.3. The van der Waals surface area contributed by atoms with Gasteiger partial charge in [-0.2, -0.15) is 0 Å². The zero-order valence-electron chi connectivity index (χ0n) is 20.4. The predicted octanol–water partition coefficient (Wildman–Crippen LogP) is 3.03. The van der Waals surface area contributed by atoms with E-state index in [9.17, 15) is 4.79 Å². The Hall–Kier alpha value is -3.30. The molecule has 9 nitrogen and oxygen atoms in total. The second-order valence-electron chi connectivity index (χ2n) is 9.54. The minimum atomic E-state index is 0.0712. The molecule has 0 unspecified atom stereocenters. The van der Waals surface area contributed by atoms with Crippen LogP contribution < -0.4 is 11.1 Å². The molecule has 35 heavy (non-hydrogen) atoms. The first-order chi connectivity index (χ1) is 17.0. The van der Waals surface area contributed by atoms with Crippen LogP contribution in [-0.2, 0) is 4.74 Å². The van der Waals surface area contributed by atoms with Gasteiger partial charge in [-0.3, -0.25) is 4.79 Å². The highest BCUT2D eigenvalue weighted by atomic mass is 16.5. The number of methoxy groups -OCH3 is 1. The molecule has 184 valence electrons. The van der Waals surface area contributed by atoms with Crippen molar-refractivity contribution in [3.63, 3.8) is 0 Å². The normalized spacial score (nSPS) is 21.3. The molecule has 0 bridgehead atoms. The highest BCUT2D eigenvalue weighted by Gasteiger charge is 2.22. The Bertz CT molecular complexity index is 1180. The van der Waals surface area contributed by atoms with Crippen molar-refractivity contribution in [3.05, 3.63) is 42.2 Å². The van der Waals surface area contributed by atoms with Crippen molar-refractivity contribution in [2.75, 3.05) is 51.4 Å². The molecule has 3 N–H and O–H groups in total. The number of rotatable bonds is 5. The van der Waals surface area contributed by atoms with E-state index in [4.69, 9.17) is 15.5 Å². The van der Waals surface area contributed by atoms with Crippen LogP contribution in [0.1, 0.15) is 36.0 Å². The van der Waals surface area contributed by atoms with Gasteiger partial charge in [0.05, 0.1) is 17.0 Å². The van der Waals surface area contributed by atoms with E-state index < -0.39 is 0 Å². The lowest BCUT2D eigenvalue weighted by Crippen LogP contribution is -2.47. The molecule has 2 aromatic heterocycles. The van der Waals surface area contributed by atoms with Crippen molar-refractivity contribution in [1.29, 1.82) is 0 Å². The average Bonchev–Trinajstić information content (AvgIpc) is 2.89. The molecule has 3 heterocycles. The van der Waals surface area contributed by atoms with E-state index in [2.05, 4.69) is 27.2 Å². The Labute approximate surface area is 205 Å². The number of piperazine rings is 1. The molecule has 3 aromatic rings. The fourth-order valence-corrected chi connectivity index (χ4v) is 4.93. The van der Waals surface area contributed by atoms with Crippen LogP contribution >= 0.6 is 0 Å². The highest BCUT2D eigenvalue weighted by Crippen LogP contribution is 2.31. The molecule has 1 amide bonds. The molecule has 1 saturated heterocycles. The topological polar surface area (TPSA) is 109 Å². The molecular weight excluding hydrogens is 442 g/mol. The number of amides is 1. The summed E-state index contributed by atoms with van der Waals surface area (Å²) in [6, 6.07) is 8.00. The lowest BCUT2D eigenvalue weighted by atomic mass is 9.93. The molecule has 2 aliphatic rings. The summed E-state index contributed by atoms with van der Waals surface area (Å²) in [5, 5.41) is 4.20. The molecule has 1 aliphatic heterocycles. The standard InChI is InChI=1S/C26H33N7O2/c1-32-11-13-33(14-12-32)25(34)18-5-3-17(4-6-18)21-15-28-24(27)22-16-29-26(31-23(21)22)30-19-7-9-20(35-2)10-8-19/h3-6,15-16,19-20H,7-14H2,1-2H3,(H2,27,28)(H,29,30,31)/t19-,20-. The molecule has 0 spiro atoms. The molecule has 5 rings (SSSR count). The Morgan fingerprint density at radius 2 is 1.74 bits per heavy atom. The molecule has 0 atom stereocenters. The van der Waals surface area contributed by atoms with Gasteiger partial charge < -0.3 is 25.6 Å². The highest BCUT2D eigenvalue weighted by molar-refractivity contribution is 5.99. The second-order valence-corrected chi connectivity index (χ2v) is 9.54. The molecule has 2 fully saturated rings. The van der Waals surface area contributed by atoms with Crippen molar-refractivity contribution in [1.82, 2.24) is 24.8 Å². The van der Waals surface area contributed by atoms with Crippen molar-refractivity contribution < 1.29 is 9.53 Å². The van der Waals surface area contributed by atoms with Crippen LogP contribution in [-0.4, -0.2) is 83.1 Å². The molecular formula is C26H33N7O2. The summed E-state index contributed by atoms with van der Waals surface area (Å²) >= 11 is 0. The molecule has 1 aromatic carbocycles. The van der Waals surface area contributed by atoms with Crippen LogP contribution in [0.15, 0.2) is 36.7 Å². The van der Waals surface area contributed by atoms with Gasteiger partial charge in [-0.05, 0) is 50.4 Å². The monoisotopic (exact) mass is 475 g/mol. The quantitative estimate of drug-likeness (QED) is 0.580. The smallest absolute Gasteiger partial charge is 0.253 e. The summed E-state index contributed by atoms with van der Waals surface area (Å²) < 4.78 is 5.48. The first kappa shape index (κ1) is 23.4. The molecule has 1 saturated carbocycles. The van der Waals surface area contributed by atoms with Crippen LogP contribution in [0.25, 0.3) is 22.0 Å². The second kappa shape index (κ2) is 10.1. The minimum Gasteiger partial charge on any atom is -0.383 e. The Morgan fingerprint density at radius 1 is 1.03 bits per heavy atom. The number of nitrogens with one attached hydrogen (secondary N) is 1. The van der Waals surface area contributed by atoms with Crippen LogP contribution in [0.4, 0.5) is 11.8 Å². The Morgan fingerprint density at radius 3 is 2.43 bits per heavy atom. The number of likely N-dealkylation sites (N-methyl/N-ethyl adjacent to an activating group) is 1. The first-order valence-corrected chi connectivity index (χ1v) is 12.3. The van der Waals surface area contributed by atoms with Crippen molar-refractivity contribution in [2.45, 2.75) is 37.8 Å². The maximum Gasteiger partial charge on any atom is 0.253 e. The number of hydrogen-bond acceptors (Lipinski definition) is 8. The van der Waals surface area contributed by atoms with Gasteiger partial charge in [-0.1, -0.05) is 12.1 Å². The van der Waals surface area contributed by atoms with Gasteiger partial charge >= 0.3 is 0 Å². The molecule has 9 heteroatoms. The number of carbonyl (C=O) groups is 1. The van der Waals surface area contributed by atoms with Crippen LogP contribution in [0.2, 0.25) is 0 Å². The van der Waals surface area contributed by atoms with E-state index in [1.807, 2.05) is 29.2 Å². The number of ether oxygens (including phenoxy) is 1. The zero-order chi connectivity index (χ0) is 24.4. The number of nitrogens with zero attached hydrogens (tertiary/aromatic N) is 5. The number of benzene rings is 1. The number of carbonyl (C=O) groups excluding carboxylic acids is 1. The Kier molecular flexibility index (Phi) is 6.79. The summed E-state index contributed by atoms with van der Waals surface area (Å²) in [5.74, 6) is 1.06. The number of fused-ring (bicyclic) bond motifs is 1. The van der Waals surface area contributed by atoms with Crippen molar-refractivity contribution in [3.8, 4) is 11.1 Å². The van der Waals surface area contributed by atoms with E-state index in [1.165, 1.54) is 0 Å². The lowest BCUT2D eigenvalue weighted by molar-refractivity contribution is 0.0664. The summed E-state index contributed by atoms with van der Waals surface area (Å²) in [7, 11) is 3.86. The number of nitrogens with two attached hydrogens (primary N) is 1. The van der Waals surface area contributed by atoms with Crippen molar-refractivity contribution >= 4 is 28.6 Å². The summed E-state index contributed by atoms with van der Waals surface area (Å²) in [6.45, 7) is 3.31. The third-order valence-electron chi connectivity index (χ3n) is 7.23. The van der Waals surface area contributed by atoms with Crippen molar-refractivity contribution in [2.24, 2.45) is 0 Å². The fourth-order valence-electron chi connectivity index (χ4n) is 4.93. The summed E-state index contributed by atoms with van der Waals surface area (Å²) in [5.41, 5.74) is 9.38. The van der Waals surface area contributed by atoms with Crippen LogP contribution in [0.3, 0.4) is 0 Å².